The molecule has 29 heavy (non-hydrogen) atoms. The van der Waals surface area contributed by atoms with Gasteiger partial charge >= 0.3 is 0 Å². The molecular weight excluding hydrogens is 368 g/mol. The van der Waals surface area contributed by atoms with E-state index in [4.69, 9.17) is 9.47 Å². The number of aromatic nitrogens is 3. The summed E-state index contributed by atoms with van der Waals surface area (Å²) in [4.78, 5) is 12.6. The van der Waals surface area contributed by atoms with Gasteiger partial charge in [0.05, 0.1) is 26.3 Å². The molecule has 0 saturated carbocycles. The maximum Gasteiger partial charge on any atom is 0.255 e. The van der Waals surface area contributed by atoms with Gasteiger partial charge in [0.1, 0.15) is 17.0 Å². The Labute approximate surface area is 167 Å². The van der Waals surface area contributed by atoms with Crippen LogP contribution in [0.5, 0.6) is 11.5 Å². The Balaban J connectivity index is 1.48. The molecule has 0 spiro atoms. The lowest BCUT2D eigenvalue weighted by molar-refractivity contribution is 0.102. The first-order valence-corrected chi connectivity index (χ1v) is 9.08. The highest BCUT2D eigenvalue weighted by Crippen LogP contribution is 2.26. The second kappa shape index (κ2) is 8.02. The number of amides is 1. The molecule has 0 aliphatic heterocycles. The van der Waals surface area contributed by atoms with Gasteiger partial charge in [0.25, 0.3) is 5.91 Å². The van der Waals surface area contributed by atoms with E-state index in [2.05, 4.69) is 15.6 Å². The van der Waals surface area contributed by atoms with Crippen molar-refractivity contribution in [2.75, 3.05) is 19.5 Å². The summed E-state index contributed by atoms with van der Waals surface area (Å²) in [5.74, 6) is 1.00. The molecule has 4 aromatic rings. The Hall–Kier alpha value is -3.87. The average molecular weight is 388 g/mol. The molecule has 0 aliphatic rings. The van der Waals surface area contributed by atoms with E-state index >= 15 is 0 Å². The molecule has 0 radical (unpaired) electrons. The number of benzene rings is 3. The van der Waals surface area contributed by atoms with Crippen molar-refractivity contribution in [1.29, 1.82) is 0 Å². The fourth-order valence-corrected chi connectivity index (χ4v) is 3.05. The molecule has 1 aromatic heterocycles. The molecule has 0 unspecified atom stereocenters. The zero-order chi connectivity index (χ0) is 20.2. The van der Waals surface area contributed by atoms with Crippen molar-refractivity contribution < 1.29 is 14.3 Å². The summed E-state index contributed by atoms with van der Waals surface area (Å²) in [5.41, 5.74) is 4.02. The molecular formula is C22H20N4O3. The Bertz CT molecular complexity index is 1130. The Morgan fingerprint density at radius 1 is 0.966 bits per heavy atom. The standard InChI is InChI=1S/C22H20N4O3/c1-28-18-11-17(12-19(13-18)29-2)23-22(27)16-9-7-15(8-10-16)14-26-21-6-4-3-5-20(21)24-25-26/h3-13H,14H2,1-2H3,(H,23,27). The van der Waals surface area contributed by atoms with Crippen molar-refractivity contribution in [3.05, 3.63) is 77.9 Å². The quantitative estimate of drug-likeness (QED) is 0.544. The SMILES string of the molecule is COc1cc(NC(=O)c2ccc(Cn3nnc4ccccc43)cc2)cc(OC)c1. The molecule has 3 aromatic carbocycles. The van der Waals surface area contributed by atoms with Gasteiger partial charge in [0.2, 0.25) is 0 Å². The molecule has 0 bridgehead atoms. The van der Waals surface area contributed by atoms with Crippen molar-refractivity contribution in [3.63, 3.8) is 0 Å². The number of carbonyl (C=O) groups is 1. The number of anilines is 1. The van der Waals surface area contributed by atoms with Crippen LogP contribution in [0.3, 0.4) is 0 Å². The van der Waals surface area contributed by atoms with Crippen LogP contribution in [0.15, 0.2) is 66.7 Å². The van der Waals surface area contributed by atoms with Crippen LogP contribution < -0.4 is 14.8 Å². The van der Waals surface area contributed by atoms with E-state index in [1.54, 1.807) is 44.6 Å². The molecule has 0 atom stereocenters. The third kappa shape index (κ3) is 4.03. The van der Waals surface area contributed by atoms with E-state index in [0.29, 0.717) is 29.3 Å². The maximum atomic E-state index is 12.6. The second-order valence-corrected chi connectivity index (χ2v) is 6.49. The van der Waals surface area contributed by atoms with E-state index in [9.17, 15) is 4.79 Å². The Kier molecular flexibility index (Phi) is 5.11. The predicted octanol–water partition coefficient (Wildman–Crippen LogP) is 3.75. The predicted molar refractivity (Wildman–Crippen MR) is 111 cm³/mol. The highest BCUT2D eigenvalue weighted by atomic mass is 16.5. The van der Waals surface area contributed by atoms with E-state index in [1.165, 1.54) is 0 Å². The number of ether oxygens (including phenoxy) is 2. The number of rotatable bonds is 6. The third-order valence-corrected chi connectivity index (χ3v) is 4.58. The van der Waals surface area contributed by atoms with Crippen molar-refractivity contribution in [2.24, 2.45) is 0 Å². The van der Waals surface area contributed by atoms with Gasteiger partial charge in [0, 0.05) is 29.4 Å². The summed E-state index contributed by atoms with van der Waals surface area (Å²) in [6, 6.07) is 20.5. The van der Waals surface area contributed by atoms with E-state index in [-0.39, 0.29) is 5.91 Å². The molecule has 0 saturated heterocycles. The number of para-hydroxylation sites is 1. The number of carbonyl (C=O) groups excluding carboxylic acids is 1. The summed E-state index contributed by atoms with van der Waals surface area (Å²) >= 11 is 0. The summed E-state index contributed by atoms with van der Waals surface area (Å²) in [5, 5.41) is 11.2. The number of hydrogen-bond donors (Lipinski definition) is 1. The molecule has 1 amide bonds. The minimum Gasteiger partial charge on any atom is -0.497 e. The smallest absolute Gasteiger partial charge is 0.255 e. The fourth-order valence-electron chi connectivity index (χ4n) is 3.05. The molecule has 7 nitrogen and oxygen atoms in total. The highest BCUT2D eigenvalue weighted by Gasteiger charge is 2.10. The minimum absolute atomic E-state index is 0.210. The monoisotopic (exact) mass is 388 g/mol. The fraction of sp³-hybridized carbons (Fsp3) is 0.136. The molecule has 1 N–H and O–H groups in total. The van der Waals surface area contributed by atoms with E-state index in [0.717, 1.165) is 16.6 Å². The van der Waals surface area contributed by atoms with E-state index in [1.807, 2.05) is 41.1 Å². The largest absolute Gasteiger partial charge is 0.497 e. The zero-order valence-corrected chi connectivity index (χ0v) is 16.1. The van der Waals surface area contributed by atoms with Crippen LogP contribution in [0, 0.1) is 0 Å². The third-order valence-electron chi connectivity index (χ3n) is 4.58. The number of hydrogen-bond acceptors (Lipinski definition) is 5. The highest BCUT2D eigenvalue weighted by molar-refractivity contribution is 6.04. The van der Waals surface area contributed by atoms with Gasteiger partial charge in [-0.3, -0.25) is 4.79 Å². The number of nitrogens with one attached hydrogen (secondary N) is 1. The molecule has 7 heteroatoms. The Morgan fingerprint density at radius 3 is 2.34 bits per heavy atom. The lowest BCUT2D eigenvalue weighted by Crippen LogP contribution is -2.12. The maximum absolute atomic E-state index is 12.6. The molecule has 146 valence electrons. The summed E-state index contributed by atoms with van der Waals surface area (Å²) in [7, 11) is 3.13. The topological polar surface area (TPSA) is 78.3 Å². The lowest BCUT2D eigenvalue weighted by Gasteiger charge is -2.10. The zero-order valence-electron chi connectivity index (χ0n) is 16.1. The molecule has 4 rings (SSSR count). The van der Waals surface area contributed by atoms with Gasteiger partial charge in [0.15, 0.2) is 0 Å². The van der Waals surface area contributed by atoms with Crippen LogP contribution in [0.2, 0.25) is 0 Å². The van der Waals surface area contributed by atoms with Gasteiger partial charge in [-0.15, -0.1) is 5.10 Å². The van der Waals surface area contributed by atoms with E-state index < -0.39 is 0 Å². The summed E-state index contributed by atoms with van der Waals surface area (Å²) in [6.07, 6.45) is 0. The van der Waals surface area contributed by atoms with Gasteiger partial charge in [-0.1, -0.05) is 29.5 Å². The summed E-state index contributed by atoms with van der Waals surface area (Å²) in [6.45, 7) is 0.579. The number of nitrogens with zero attached hydrogens (tertiary/aromatic N) is 3. The van der Waals surface area contributed by atoms with Crippen LogP contribution in [0.25, 0.3) is 11.0 Å². The lowest BCUT2D eigenvalue weighted by atomic mass is 10.1. The van der Waals surface area contributed by atoms with Crippen LogP contribution in [0.1, 0.15) is 15.9 Å². The van der Waals surface area contributed by atoms with Crippen molar-refractivity contribution in [2.45, 2.75) is 6.54 Å². The average Bonchev–Trinajstić information content (AvgIpc) is 3.16. The normalized spacial score (nSPS) is 10.7. The Morgan fingerprint density at radius 2 is 1.66 bits per heavy atom. The second-order valence-electron chi connectivity index (χ2n) is 6.49. The van der Waals surface area contributed by atoms with Gasteiger partial charge < -0.3 is 14.8 Å². The van der Waals surface area contributed by atoms with Gasteiger partial charge in [-0.25, -0.2) is 4.68 Å². The van der Waals surface area contributed by atoms with Gasteiger partial charge in [-0.05, 0) is 29.8 Å². The number of fused-ring (bicyclic) bond motifs is 1. The van der Waals surface area contributed by atoms with Crippen LogP contribution >= 0.6 is 0 Å². The molecule has 1 heterocycles. The number of methoxy groups -OCH3 is 2. The van der Waals surface area contributed by atoms with Crippen molar-refractivity contribution >= 4 is 22.6 Å². The molecule has 0 aliphatic carbocycles. The van der Waals surface area contributed by atoms with Crippen LogP contribution in [-0.4, -0.2) is 35.1 Å². The first-order valence-electron chi connectivity index (χ1n) is 9.08. The first kappa shape index (κ1) is 18.5. The van der Waals surface area contributed by atoms with Gasteiger partial charge in [-0.2, -0.15) is 0 Å². The summed E-state index contributed by atoms with van der Waals surface area (Å²) < 4.78 is 12.3. The first-order chi connectivity index (χ1) is 14.2. The minimum atomic E-state index is -0.210. The van der Waals surface area contributed by atoms with Crippen LogP contribution in [0.4, 0.5) is 5.69 Å². The molecule has 0 fully saturated rings. The van der Waals surface area contributed by atoms with Crippen molar-refractivity contribution in [3.8, 4) is 11.5 Å². The van der Waals surface area contributed by atoms with Crippen LogP contribution in [-0.2, 0) is 6.54 Å². The van der Waals surface area contributed by atoms with Crippen molar-refractivity contribution in [1.82, 2.24) is 15.0 Å².